The summed E-state index contributed by atoms with van der Waals surface area (Å²) in [4.78, 5) is 7.95. The van der Waals surface area contributed by atoms with Crippen molar-refractivity contribution in [1.29, 1.82) is 0 Å². The molecule has 0 amide bonds. The fourth-order valence-corrected chi connectivity index (χ4v) is 2.72. The van der Waals surface area contributed by atoms with Crippen molar-refractivity contribution in [1.82, 2.24) is 20.2 Å². The minimum absolute atomic E-state index is 0.0830. The number of nitrogens with one attached hydrogen (secondary N) is 1. The first-order valence-electron chi connectivity index (χ1n) is 6.70. The number of hydrogen-bond donors (Lipinski definition) is 2. The molecule has 21 heavy (non-hydrogen) atoms. The van der Waals surface area contributed by atoms with Gasteiger partial charge in [-0.15, -0.1) is 0 Å². The van der Waals surface area contributed by atoms with Gasteiger partial charge in [-0.25, -0.2) is 0 Å². The molecule has 0 radical (unpaired) electrons. The normalized spacial score (nSPS) is 23.2. The summed E-state index contributed by atoms with van der Waals surface area (Å²) in [6.07, 6.45) is -2.03. The van der Waals surface area contributed by atoms with E-state index in [2.05, 4.69) is 15.3 Å². The Morgan fingerprint density at radius 2 is 2.10 bits per heavy atom. The molecule has 0 aromatic carbocycles. The lowest BCUT2D eigenvalue weighted by molar-refractivity contribution is -0.138. The second kappa shape index (κ2) is 6.27. The molecule has 0 spiro atoms. The number of piperazine rings is 1. The molecule has 8 heteroatoms. The van der Waals surface area contributed by atoms with E-state index < -0.39 is 17.8 Å². The van der Waals surface area contributed by atoms with Gasteiger partial charge in [-0.3, -0.25) is 21.2 Å². The molecule has 0 aliphatic carbocycles. The van der Waals surface area contributed by atoms with Crippen LogP contribution in [0.4, 0.5) is 13.2 Å². The second-order valence-electron chi connectivity index (χ2n) is 5.42. The molecular formula is C13H20F3N5. The van der Waals surface area contributed by atoms with Crippen LogP contribution in [0.1, 0.15) is 17.2 Å². The van der Waals surface area contributed by atoms with Gasteiger partial charge in [-0.1, -0.05) is 0 Å². The van der Waals surface area contributed by atoms with Gasteiger partial charge in [0.2, 0.25) is 0 Å². The van der Waals surface area contributed by atoms with E-state index in [1.165, 1.54) is 6.20 Å². The van der Waals surface area contributed by atoms with Crippen molar-refractivity contribution < 1.29 is 13.2 Å². The maximum Gasteiger partial charge on any atom is 0.416 e. The summed E-state index contributed by atoms with van der Waals surface area (Å²) in [5, 5.41) is 0. The minimum Gasteiger partial charge on any atom is -0.303 e. The highest BCUT2D eigenvalue weighted by Crippen LogP contribution is 2.35. The third-order valence-electron chi connectivity index (χ3n) is 3.96. The molecular weight excluding hydrogens is 283 g/mol. The van der Waals surface area contributed by atoms with Crippen LogP contribution in [0.25, 0.3) is 0 Å². The maximum atomic E-state index is 13.2. The van der Waals surface area contributed by atoms with Crippen LogP contribution in [0.5, 0.6) is 0 Å². The first-order chi connectivity index (χ1) is 9.84. The molecule has 2 atom stereocenters. The number of hydrogen-bond acceptors (Lipinski definition) is 5. The first-order valence-corrected chi connectivity index (χ1v) is 6.70. The summed E-state index contributed by atoms with van der Waals surface area (Å²) in [5.41, 5.74) is 1.93. The second-order valence-corrected chi connectivity index (χ2v) is 5.42. The fraction of sp³-hybridized carbons (Fsp3) is 0.615. The van der Waals surface area contributed by atoms with Crippen LogP contribution in [0.15, 0.2) is 18.5 Å². The molecule has 2 rings (SSSR count). The average Bonchev–Trinajstić information content (AvgIpc) is 2.43. The van der Waals surface area contributed by atoms with Gasteiger partial charge in [0.1, 0.15) is 0 Å². The third-order valence-corrected chi connectivity index (χ3v) is 3.96. The van der Waals surface area contributed by atoms with Crippen LogP contribution >= 0.6 is 0 Å². The lowest BCUT2D eigenvalue weighted by Gasteiger charge is -2.42. The number of hydrazine groups is 1. The summed E-state index contributed by atoms with van der Waals surface area (Å²) in [6.45, 7) is 2.29. The topological polar surface area (TPSA) is 57.4 Å². The van der Waals surface area contributed by atoms with Gasteiger partial charge in [-0.05, 0) is 20.2 Å². The number of nitrogens with two attached hydrogens (primary N) is 1. The Hall–Kier alpha value is -1.22. The van der Waals surface area contributed by atoms with Gasteiger partial charge in [0.05, 0.1) is 11.6 Å². The van der Waals surface area contributed by atoms with Gasteiger partial charge in [0.15, 0.2) is 0 Å². The first kappa shape index (κ1) is 16.2. The number of halogens is 3. The van der Waals surface area contributed by atoms with Gasteiger partial charge in [-0.2, -0.15) is 13.2 Å². The molecule has 2 heterocycles. The van der Waals surface area contributed by atoms with Crippen molar-refractivity contribution in [2.45, 2.75) is 18.3 Å². The smallest absolute Gasteiger partial charge is 0.303 e. The van der Waals surface area contributed by atoms with Crippen molar-refractivity contribution in [2.24, 2.45) is 5.84 Å². The Morgan fingerprint density at radius 1 is 1.38 bits per heavy atom. The van der Waals surface area contributed by atoms with E-state index in [1.807, 2.05) is 19.0 Å². The SMILES string of the molecule is CN1CCN(C)C(C(NN)c2cnccc2C(F)(F)F)C1. The Labute approximate surface area is 121 Å². The highest BCUT2D eigenvalue weighted by molar-refractivity contribution is 5.30. The van der Waals surface area contributed by atoms with Crippen molar-refractivity contribution >= 4 is 0 Å². The predicted octanol–water partition coefficient (Wildman–Crippen LogP) is 0.851. The highest BCUT2D eigenvalue weighted by Gasteiger charge is 2.38. The van der Waals surface area contributed by atoms with Crippen molar-refractivity contribution in [3.8, 4) is 0 Å². The molecule has 0 bridgehead atoms. The standard InChI is InChI=1S/C13H20F3N5/c1-20-5-6-21(2)11(8-20)12(19-17)9-7-18-4-3-10(9)13(14,15)16/h3-4,7,11-12,19H,5-6,8,17H2,1-2H3. The molecule has 2 unspecified atom stereocenters. The maximum absolute atomic E-state index is 13.2. The van der Waals surface area contributed by atoms with Crippen LogP contribution in [0.2, 0.25) is 0 Å². The summed E-state index contributed by atoms with van der Waals surface area (Å²) in [6, 6.07) is 0.203. The quantitative estimate of drug-likeness (QED) is 0.640. The van der Waals surface area contributed by atoms with Crippen LogP contribution in [0.3, 0.4) is 0 Å². The van der Waals surface area contributed by atoms with E-state index in [0.29, 0.717) is 6.54 Å². The zero-order valence-electron chi connectivity index (χ0n) is 12.1. The molecule has 5 nitrogen and oxygen atoms in total. The summed E-state index contributed by atoms with van der Waals surface area (Å²) < 4.78 is 39.5. The monoisotopic (exact) mass is 303 g/mol. The van der Waals surface area contributed by atoms with Crippen molar-refractivity contribution in [2.75, 3.05) is 33.7 Å². The summed E-state index contributed by atoms with van der Waals surface area (Å²) >= 11 is 0. The Balaban J connectivity index is 2.37. The van der Waals surface area contributed by atoms with Gasteiger partial charge in [0, 0.05) is 43.6 Å². The van der Waals surface area contributed by atoms with E-state index in [0.717, 1.165) is 25.4 Å². The molecule has 1 aliphatic rings. The van der Waals surface area contributed by atoms with Gasteiger partial charge in [0.25, 0.3) is 0 Å². The number of aromatic nitrogens is 1. The van der Waals surface area contributed by atoms with E-state index in [9.17, 15) is 13.2 Å². The summed E-state index contributed by atoms with van der Waals surface area (Å²) in [5.74, 6) is 5.57. The third kappa shape index (κ3) is 3.52. The number of alkyl halides is 3. The largest absolute Gasteiger partial charge is 0.416 e. The van der Waals surface area contributed by atoms with E-state index in [1.54, 1.807) is 0 Å². The molecule has 118 valence electrons. The van der Waals surface area contributed by atoms with Gasteiger partial charge < -0.3 is 4.90 Å². The molecule has 1 aromatic rings. The van der Waals surface area contributed by atoms with Crippen LogP contribution < -0.4 is 11.3 Å². The van der Waals surface area contributed by atoms with Crippen molar-refractivity contribution in [3.05, 3.63) is 29.6 Å². The van der Waals surface area contributed by atoms with E-state index in [-0.39, 0.29) is 11.6 Å². The molecule has 0 saturated carbocycles. The molecule has 1 aliphatic heterocycles. The average molecular weight is 303 g/mol. The summed E-state index contributed by atoms with van der Waals surface area (Å²) in [7, 11) is 3.84. The lowest BCUT2D eigenvalue weighted by Crippen LogP contribution is -2.56. The van der Waals surface area contributed by atoms with Crippen LogP contribution in [-0.2, 0) is 6.18 Å². The Kier molecular flexibility index (Phi) is 4.82. The van der Waals surface area contributed by atoms with Crippen LogP contribution in [0, 0.1) is 0 Å². The number of pyridine rings is 1. The number of likely N-dealkylation sites (N-methyl/N-ethyl adjacent to an activating group) is 2. The predicted molar refractivity (Wildman–Crippen MR) is 73.2 cm³/mol. The Bertz CT molecular complexity index is 479. The zero-order valence-corrected chi connectivity index (χ0v) is 12.1. The Morgan fingerprint density at radius 3 is 2.71 bits per heavy atom. The van der Waals surface area contributed by atoms with Gasteiger partial charge >= 0.3 is 6.18 Å². The fourth-order valence-electron chi connectivity index (χ4n) is 2.72. The minimum atomic E-state index is -4.42. The molecule has 1 fully saturated rings. The zero-order chi connectivity index (χ0) is 15.6. The molecule has 3 N–H and O–H groups in total. The van der Waals surface area contributed by atoms with E-state index >= 15 is 0 Å². The number of rotatable bonds is 3. The molecule has 1 aromatic heterocycles. The van der Waals surface area contributed by atoms with Crippen molar-refractivity contribution in [3.63, 3.8) is 0 Å². The van der Waals surface area contributed by atoms with E-state index in [4.69, 9.17) is 5.84 Å². The number of nitrogens with zero attached hydrogens (tertiary/aromatic N) is 3. The lowest BCUT2D eigenvalue weighted by atomic mass is 9.94. The molecule has 1 saturated heterocycles. The highest BCUT2D eigenvalue weighted by atomic mass is 19.4. The van der Waals surface area contributed by atoms with Crippen LogP contribution in [-0.4, -0.2) is 54.6 Å².